The molecule has 4 nitrogen and oxygen atoms in total. The Bertz CT molecular complexity index is 616. The van der Waals surface area contributed by atoms with E-state index >= 15 is 0 Å². The molecular formula is C19H22N2O2. The number of urea groups is 1. The molecule has 0 saturated carbocycles. The molecule has 1 aliphatic heterocycles. The van der Waals surface area contributed by atoms with E-state index in [-0.39, 0.29) is 12.1 Å². The highest BCUT2D eigenvalue weighted by atomic mass is 16.5. The average molecular weight is 310 g/mol. The van der Waals surface area contributed by atoms with Gasteiger partial charge in [0.1, 0.15) is 0 Å². The van der Waals surface area contributed by atoms with E-state index in [1.807, 2.05) is 48.5 Å². The standard InChI is InChI=1S/C19H22N2O2/c22-19(20-13-15-7-3-1-4-8-15)21-14-17-11-12-23-18(17)16-9-5-2-6-10-16/h1-10,17-18H,11-14H2,(H2,20,21,22)/t17-,18-/m0/s1. The van der Waals surface area contributed by atoms with Crippen molar-refractivity contribution < 1.29 is 9.53 Å². The van der Waals surface area contributed by atoms with Crippen molar-refractivity contribution in [3.05, 3.63) is 71.8 Å². The first-order valence-electron chi connectivity index (χ1n) is 8.05. The van der Waals surface area contributed by atoms with Crippen LogP contribution in [0.5, 0.6) is 0 Å². The molecule has 120 valence electrons. The van der Waals surface area contributed by atoms with Gasteiger partial charge >= 0.3 is 6.03 Å². The third kappa shape index (κ3) is 4.33. The van der Waals surface area contributed by atoms with E-state index in [9.17, 15) is 4.79 Å². The highest BCUT2D eigenvalue weighted by molar-refractivity contribution is 5.73. The molecule has 2 aromatic rings. The molecule has 2 amide bonds. The largest absolute Gasteiger partial charge is 0.373 e. The van der Waals surface area contributed by atoms with Gasteiger partial charge in [-0.25, -0.2) is 4.79 Å². The topological polar surface area (TPSA) is 50.4 Å². The summed E-state index contributed by atoms with van der Waals surface area (Å²) >= 11 is 0. The number of carbonyl (C=O) groups excluding carboxylic acids is 1. The monoisotopic (exact) mass is 310 g/mol. The Balaban J connectivity index is 1.46. The molecule has 0 bridgehead atoms. The van der Waals surface area contributed by atoms with Crippen molar-refractivity contribution >= 4 is 6.03 Å². The van der Waals surface area contributed by atoms with E-state index in [4.69, 9.17) is 4.74 Å². The van der Waals surface area contributed by atoms with Crippen molar-refractivity contribution in [2.24, 2.45) is 5.92 Å². The molecule has 1 heterocycles. The SMILES string of the molecule is O=C(NCc1ccccc1)NC[C@@H]1CCO[C@H]1c1ccccc1. The van der Waals surface area contributed by atoms with Crippen molar-refractivity contribution in [1.82, 2.24) is 10.6 Å². The number of rotatable bonds is 5. The van der Waals surface area contributed by atoms with E-state index in [0.29, 0.717) is 19.0 Å². The van der Waals surface area contributed by atoms with Crippen molar-refractivity contribution in [2.45, 2.75) is 19.1 Å². The summed E-state index contributed by atoms with van der Waals surface area (Å²) < 4.78 is 5.84. The third-order valence-electron chi connectivity index (χ3n) is 4.16. The first-order valence-corrected chi connectivity index (χ1v) is 8.05. The van der Waals surface area contributed by atoms with Crippen LogP contribution in [0.1, 0.15) is 23.7 Å². The fraction of sp³-hybridized carbons (Fsp3) is 0.316. The zero-order valence-electron chi connectivity index (χ0n) is 13.1. The van der Waals surface area contributed by atoms with Gasteiger partial charge in [-0.15, -0.1) is 0 Å². The van der Waals surface area contributed by atoms with Crippen molar-refractivity contribution in [2.75, 3.05) is 13.2 Å². The number of hydrogen-bond donors (Lipinski definition) is 2. The van der Waals surface area contributed by atoms with Gasteiger partial charge in [-0.05, 0) is 17.5 Å². The fourth-order valence-corrected chi connectivity index (χ4v) is 2.92. The summed E-state index contributed by atoms with van der Waals surface area (Å²) in [6.07, 6.45) is 1.05. The molecule has 2 atom stereocenters. The summed E-state index contributed by atoms with van der Waals surface area (Å²) in [4.78, 5) is 12.0. The Labute approximate surface area is 136 Å². The first-order chi connectivity index (χ1) is 11.3. The van der Waals surface area contributed by atoms with Crippen LogP contribution < -0.4 is 10.6 Å². The summed E-state index contributed by atoms with van der Waals surface area (Å²) in [5, 5.41) is 5.85. The lowest BCUT2D eigenvalue weighted by molar-refractivity contribution is 0.0910. The van der Waals surface area contributed by atoms with Crippen LogP contribution in [0.2, 0.25) is 0 Å². The summed E-state index contributed by atoms with van der Waals surface area (Å²) in [5.74, 6) is 0.319. The summed E-state index contributed by atoms with van der Waals surface area (Å²) in [6, 6.07) is 20.0. The molecule has 3 rings (SSSR count). The van der Waals surface area contributed by atoms with Gasteiger partial charge in [0, 0.05) is 25.6 Å². The molecule has 2 N–H and O–H groups in total. The predicted octanol–water partition coefficient (Wildman–Crippen LogP) is 3.26. The van der Waals surface area contributed by atoms with Gasteiger partial charge in [-0.3, -0.25) is 0 Å². The normalized spacial score (nSPS) is 20.2. The molecule has 23 heavy (non-hydrogen) atoms. The Morgan fingerprint density at radius 2 is 1.70 bits per heavy atom. The van der Waals surface area contributed by atoms with Crippen LogP contribution >= 0.6 is 0 Å². The average Bonchev–Trinajstić information content (AvgIpc) is 3.08. The summed E-state index contributed by atoms with van der Waals surface area (Å²) in [7, 11) is 0. The van der Waals surface area contributed by atoms with Gasteiger partial charge < -0.3 is 15.4 Å². The summed E-state index contributed by atoms with van der Waals surface area (Å²) in [5.41, 5.74) is 2.27. The number of benzene rings is 2. The molecular weight excluding hydrogens is 288 g/mol. The van der Waals surface area contributed by atoms with E-state index < -0.39 is 0 Å². The molecule has 1 aliphatic rings. The van der Waals surface area contributed by atoms with Crippen LogP contribution in [0.4, 0.5) is 4.79 Å². The van der Waals surface area contributed by atoms with Crippen molar-refractivity contribution in [3.8, 4) is 0 Å². The zero-order valence-corrected chi connectivity index (χ0v) is 13.1. The van der Waals surface area contributed by atoms with Gasteiger partial charge in [0.25, 0.3) is 0 Å². The van der Waals surface area contributed by atoms with Crippen LogP contribution in [-0.4, -0.2) is 19.2 Å². The Morgan fingerprint density at radius 1 is 1.00 bits per heavy atom. The maximum Gasteiger partial charge on any atom is 0.315 e. The maximum absolute atomic E-state index is 12.0. The quantitative estimate of drug-likeness (QED) is 0.890. The Morgan fingerprint density at radius 3 is 2.43 bits per heavy atom. The van der Waals surface area contributed by atoms with Crippen molar-refractivity contribution in [1.29, 1.82) is 0 Å². The van der Waals surface area contributed by atoms with Crippen LogP contribution in [-0.2, 0) is 11.3 Å². The minimum absolute atomic E-state index is 0.0747. The Kier molecular flexibility index (Phi) is 5.27. The molecule has 2 aromatic carbocycles. The molecule has 0 aliphatic carbocycles. The predicted molar refractivity (Wildman–Crippen MR) is 89.9 cm³/mol. The first kappa shape index (κ1) is 15.6. The lowest BCUT2D eigenvalue weighted by Gasteiger charge is -2.19. The van der Waals surface area contributed by atoms with Gasteiger partial charge in [-0.1, -0.05) is 60.7 Å². The fourth-order valence-electron chi connectivity index (χ4n) is 2.92. The minimum atomic E-state index is -0.132. The molecule has 1 fully saturated rings. The molecule has 4 heteroatoms. The van der Waals surface area contributed by atoms with E-state index in [1.165, 1.54) is 5.56 Å². The van der Waals surface area contributed by atoms with E-state index in [1.54, 1.807) is 0 Å². The second-order valence-corrected chi connectivity index (χ2v) is 5.80. The summed E-state index contributed by atoms with van der Waals surface area (Å²) in [6.45, 7) is 1.91. The van der Waals surface area contributed by atoms with Crippen LogP contribution in [0.25, 0.3) is 0 Å². The smallest absolute Gasteiger partial charge is 0.315 e. The minimum Gasteiger partial charge on any atom is -0.373 e. The van der Waals surface area contributed by atoms with E-state index in [2.05, 4.69) is 22.8 Å². The second kappa shape index (κ2) is 7.79. The molecule has 1 saturated heterocycles. The lowest BCUT2D eigenvalue weighted by Crippen LogP contribution is -2.38. The van der Waals surface area contributed by atoms with Gasteiger partial charge in [-0.2, -0.15) is 0 Å². The number of nitrogens with one attached hydrogen (secondary N) is 2. The molecule has 0 unspecified atom stereocenters. The van der Waals surface area contributed by atoms with Gasteiger partial charge in [0.15, 0.2) is 0 Å². The second-order valence-electron chi connectivity index (χ2n) is 5.80. The number of ether oxygens (including phenoxy) is 1. The number of hydrogen-bond acceptors (Lipinski definition) is 2. The molecule has 0 radical (unpaired) electrons. The highest BCUT2D eigenvalue weighted by Crippen LogP contribution is 2.33. The zero-order chi connectivity index (χ0) is 15.9. The Hall–Kier alpha value is -2.33. The van der Waals surface area contributed by atoms with Gasteiger partial charge in [0.2, 0.25) is 0 Å². The molecule has 0 aromatic heterocycles. The third-order valence-corrected chi connectivity index (χ3v) is 4.16. The van der Waals surface area contributed by atoms with Crippen LogP contribution in [0, 0.1) is 5.92 Å². The number of amides is 2. The van der Waals surface area contributed by atoms with Gasteiger partial charge in [0.05, 0.1) is 6.10 Å². The number of carbonyl (C=O) groups is 1. The van der Waals surface area contributed by atoms with E-state index in [0.717, 1.165) is 18.6 Å². The molecule has 0 spiro atoms. The van der Waals surface area contributed by atoms with Crippen molar-refractivity contribution in [3.63, 3.8) is 0 Å². The highest BCUT2D eigenvalue weighted by Gasteiger charge is 2.29. The lowest BCUT2D eigenvalue weighted by atomic mass is 9.95. The maximum atomic E-state index is 12.0. The van der Waals surface area contributed by atoms with Crippen LogP contribution in [0.3, 0.4) is 0 Å². The van der Waals surface area contributed by atoms with Crippen LogP contribution in [0.15, 0.2) is 60.7 Å².